The lowest BCUT2D eigenvalue weighted by Gasteiger charge is -2.30. The van der Waals surface area contributed by atoms with Crippen molar-refractivity contribution < 1.29 is 14.3 Å². The predicted octanol–water partition coefficient (Wildman–Crippen LogP) is 4.99. The molecule has 2 N–H and O–H groups in total. The molecule has 0 spiro atoms. The third-order valence-electron chi connectivity index (χ3n) is 3.91. The number of nitrogens with two attached hydrogens (primary N) is 1. The molecule has 0 unspecified atom stereocenters. The molecule has 0 heterocycles. The van der Waals surface area contributed by atoms with Gasteiger partial charge in [-0.15, -0.1) is 0 Å². The molecule has 0 aliphatic rings. The average molecular weight is 370 g/mol. The quantitative estimate of drug-likeness (QED) is 0.727. The molecule has 2 aromatic carbocycles. The Balaban J connectivity index is 2.19. The van der Waals surface area contributed by atoms with Crippen LogP contribution in [0, 0.1) is 0 Å². The Morgan fingerprint density at radius 3 is 2.37 bits per heavy atom. The van der Waals surface area contributed by atoms with Gasteiger partial charge in [0.15, 0.2) is 0 Å². The van der Waals surface area contributed by atoms with E-state index in [-0.39, 0.29) is 12.1 Å². The number of nitrogens with zero attached hydrogens (tertiary/aromatic N) is 1. The van der Waals surface area contributed by atoms with Gasteiger partial charge < -0.3 is 20.1 Å². The molecule has 0 radical (unpaired) electrons. The molecule has 146 valence electrons. The molecule has 0 fully saturated rings. The van der Waals surface area contributed by atoms with Crippen molar-refractivity contribution in [3.63, 3.8) is 0 Å². The lowest BCUT2D eigenvalue weighted by atomic mass is 10.1. The van der Waals surface area contributed by atoms with E-state index < -0.39 is 5.60 Å². The van der Waals surface area contributed by atoms with E-state index in [1.807, 2.05) is 77.1 Å². The van der Waals surface area contributed by atoms with E-state index >= 15 is 0 Å². The van der Waals surface area contributed by atoms with Gasteiger partial charge in [-0.3, -0.25) is 0 Å². The van der Waals surface area contributed by atoms with Gasteiger partial charge in [-0.1, -0.05) is 30.3 Å². The number of rotatable bonds is 6. The molecule has 0 atom stereocenters. The summed E-state index contributed by atoms with van der Waals surface area (Å²) in [7, 11) is 0. The zero-order chi connectivity index (χ0) is 20.0. The second-order valence-electron chi connectivity index (χ2n) is 7.84. The number of ether oxygens (including phenoxy) is 2. The zero-order valence-corrected chi connectivity index (χ0v) is 16.9. The van der Waals surface area contributed by atoms with Crippen LogP contribution in [0.15, 0.2) is 48.5 Å². The van der Waals surface area contributed by atoms with Crippen molar-refractivity contribution in [3.05, 3.63) is 59.7 Å². The smallest absolute Gasteiger partial charge is 0.410 e. The highest BCUT2D eigenvalue weighted by molar-refractivity contribution is 5.69. The van der Waals surface area contributed by atoms with Crippen molar-refractivity contribution in [2.45, 2.75) is 59.4 Å². The third kappa shape index (κ3) is 6.51. The summed E-state index contributed by atoms with van der Waals surface area (Å²) in [5, 5.41) is 0. The van der Waals surface area contributed by atoms with Gasteiger partial charge in [0.25, 0.3) is 0 Å². The van der Waals surface area contributed by atoms with Crippen LogP contribution < -0.4 is 10.5 Å². The summed E-state index contributed by atoms with van der Waals surface area (Å²) in [6.07, 6.45) is -0.353. The average Bonchev–Trinajstić information content (AvgIpc) is 2.58. The summed E-state index contributed by atoms with van der Waals surface area (Å²) in [6.45, 7) is 10.3. The highest BCUT2D eigenvalue weighted by Crippen LogP contribution is 2.26. The Kier molecular flexibility index (Phi) is 6.72. The molecule has 2 aromatic rings. The second-order valence-corrected chi connectivity index (χ2v) is 7.84. The van der Waals surface area contributed by atoms with Crippen LogP contribution in [0.2, 0.25) is 0 Å². The minimum absolute atomic E-state index is 0.0248. The first-order valence-electron chi connectivity index (χ1n) is 9.20. The molecule has 2 rings (SSSR count). The summed E-state index contributed by atoms with van der Waals surface area (Å²) in [4.78, 5) is 14.3. The van der Waals surface area contributed by atoms with Crippen LogP contribution in [0.3, 0.4) is 0 Å². The Morgan fingerprint density at radius 1 is 1.11 bits per heavy atom. The van der Waals surface area contributed by atoms with Crippen LogP contribution in [0.25, 0.3) is 0 Å². The Hall–Kier alpha value is -2.69. The number of amides is 1. The van der Waals surface area contributed by atoms with Crippen molar-refractivity contribution >= 4 is 11.8 Å². The van der Waals surface area contributed by atoms with E-state index in [9.17, 15) is 4.79 Å². The number of carbonyl (C=O) groups is 1. The predicted molar refractivity (Wildman–Crippen MR) is 109 cm³/mol. The van der Waals surface area contributed by atoms with Gasteiger partial charge in [-0.05, 0) is 58.4 Å². The SMILES string of the molecule is CC(C)N(Cc1cc(N)ccc1OCc1ccccc1)C(=O)OC(C)(C)C. The molecule has 0 aromatic heterocycles. The maximum atomic E-state index is 12.6. The van der Waals surface area contributed by atoms with Crippen LogP contribution >= 0.6 is 0 Å². The summed E-state index contributed by atoms with van der Waals surface area (Å²) < 4.78 is 11.6. The summed E-state index contributed by atoms with van der Waals surface area (Å²) in [5.74, 6) is 0.710. The highest BCUT2D eigenvalue weighted by Gasteiger charge is 2.25. The maximum absolute atomic E-state index is 12.6. The Bertz CT molecular complexity index is 752. The van der Waals surface area contributed by atoms with Crippen LogP contribution in [-0.2, 0) is 17.9 Å². The molecule has 0 bridgehead atoms. The van der Waals surface area contributed by atoms with Gasteiger partial charge in [-0.2, -0.15) is 0 Å². The minimum atomic E-state index is -0.549. The molecule has 0 saturated carbocycles. The van der Waals surface area contributed by atoms with Crippen LogP contribution in [0.1, 0.15) is 45.7 Å². The van der Waals surface area contributed by atoms with Crippen LogP contribution in [0.5, 0.6) is 5.75 Å². The number of anilines is 1. The monoisotopic (exact) mass is 370 g/mol. The lowest BCUT2D eigenvalue weighted by Crippen LogP contribution is -2.40. The molecular formula is C22H30N2O3. The van der Waals surface area contributed by atoms with E-state index in [1.54, 1.807) is 11.0 Å². The first kappa shape index (κ1) is 20.6. The third-order valence-corrected chi connectivity index (χ3v) is 3.91. The van der Waals surface area contributed by atoms with E-state index in [1.165, 1.54) is 0 Å². The molecule has 0 aliphatic heterocycles. The standard InChI is InChI=1S/C22H30N2O3/c1-16(2)24(21(25)27-22(3,4)5)14-18-13-19(23)11-12-20(18)26-15-17-9-7-6-8-10-17/h6-13,16H,14-15,23H2,1-5H3. The van der Waals surface area contributed by atoms with Crippen LogP contribution in [0.4, 0.5) is 10.5 Å². The Morgan fingerprint density at radius 2 is 1.78 bits per heavy atom. The maximum Gasteiger partial charge on any atom is 0.410 e. The highest BCUT2D eigenvalue weighted by atomic mass is 16.6. The van der Waals surface area contributed by atoms with Crippen molar-refractivity contribution in [2.24, 2.45) is 0 Å². The molecule has 1 amide bonds. The first-order chi connectivity index (χ1) is 12.7. The molecule has 5 heteroatoms. The fourth-order valence-corrected chi connectivity index (χ4v) is 2.56. The lowest BCUT2D eigenvalue weighted by molar-refractivity contribution is 0.0170. The molecule has 0 aliphatic carbocycles. The topological polar surface area (TPSA) is 64.8 Å². The van der Waals surface area contributed by atoms with Gasteiger partial charge in [0.1, 0.15) is 18.0 Å². The van der Waals surface area contributed by atoms with Crippen molar-refractivity contribution in [2.75, 3.05) is 5.73 Å². The van der Waals surface area contributed by atoms with E-state index in [0.717, 1.165) is 11.1 Å². The first-order valence-corrected chi connectivity index (χ1v) is 9.20. The normalized spacial score (nSPS) is 11.3. The molecule has 5 nitrogen and oxygen atoms in total. The molecule has 27 heavy (non-hydrogen) atoms. The number of hydrogen-bond donors (Lipinski definition) is 1. The fourth-order valence-electron chi connectivity index (χ4n) is 2.56. The van der Waals surface area contributed by atoms with Gasteiger partial charge in [0.05, 0.1) is 6.54 Å². The van der Waals surface area contributed by atoms with Crippen molar-refractivity contribution in [1.29, 1.82) is 0 Å². The van der Waals surface area contributed by atoms with Gasteiger partial charge in [0.2, 0.25) is 0 Å². The van der Waals surface area contributed by atoms with Crippen molar-refractivity contribution in [1.82, 2.24) is 4.90 Å². The number of carbonyl (C=O) groups excluding carboxylic acids is 1. The van der Waals surface area contributed by atoms with Crippen molar-refractivity contribution in [3.8, 4) is 5.75 Å². The number of hydrogen-bond acceptors (Lipinski definition) is 4. The summed E-state index contributed by atoms with van der Waals surface area (Å²) >= 11 is 0. The summed E-state index contributed by atoms with van der Waals surface area (Å²) in [5.41, 5.74) is 7.98. The largest absolute Gasteiger partial charge is 0.489 e. The van der Waals surface area contributed by atoms with Crippen LogP contribution in [-0.4, -0.2) is 22.6 Å². The fraction of sp³-hybridized carbons (Fsp3) is 0.409. The molecular weight excluding hydrogens is 340 g/mol. The van der Waals surface area contributed by atoms with Gasteiger partial charge in [0, 0.05) is 17.3 Å². The van der Waals surface area contributed by atoms with Gasteiger partial charge in [-0.25, -0.2) is 4.79 Å². The number of nitrogen functional groups attached to an aromatic ring is 1. The van der Waals surface area contributed by atoms with Gasteiger partial charge >= 0.3 is 6.09 Å². The van der Waals surface area contributed by atoms with E-state index in [4.69, 9.17) is 15.2 Å². The van der Waals surface area contributed by atoms with E-state index in [0.29, 0.717) is 24.6 Å². The second kappa shape index (κ2) is 8.80. The molecule has 0 saturated heterocycles. The zero-order valence-electron chi connectivity index (χ0n) is 16.9. The summed E-state index contributed by atoms with van der Waals surface area (Å²) in [6, 6.07) is 15.4. The number of benzene rings is 2. The minimum Gasteiger partial charge on any atom is -0.489 e. The van der Waals surface area contributed by atoms with E-state index in [2.05, 4.69) is 0 Å². The Labute approximate surface area is 162 Å².